The number of nitrogens with two attached hydrogens (primary N) is 1. The zero-order valence-electron chi connectivity index (χ0n) is 10.5. The maximum absolute atomic E-state index is 12.7. The van der Waals surface area contributed by atoms with Crippen LogP contribution in [0.2, 0.25) is 0 Å². The molecule has 0 bridgehead atoms. The summed E-state index contributed by atoms with van der Waals surface area (Å²) in [7, 11) is -3.43. The Bertz CT molecular complexity index is 591. The maximum atomic E-state index is 12.7. The number of nitrogen functional groups attached to an aromatic ring is 1. The van der Waals surface area contributed by atoms with Gasteiger partial charge in [-0.05, 0) is 58.8 Å². The molecule has 2 fully saturated rings. The van der Waals surface area contributed by atoms with Crippen LogP contribution in [0.5, 0.6) is 0 Å². The van der Waals surface area contributed by atoms with Gasteiger partial charge in [0.15, 0.2) is 0 Å². The summed E-state index contributed by atoms with van der Waals surface area (Å²) < 4.78 is 27.6. The Hall–Kier alpha value is -0.590. The van der Waals surface area contributed by atoms with Crippen LogP contribution in [-0.2, 0) is 10.0 Å². The lowest BCUT2D eigenvalue weighted by Gasteiger charge is -2.18. The molecule has 104 valence electrons. The fourth-order valence-electron chi connectivity index (χ4n) is 3.24. The zero-order valence-corrected chi connectivity index (χ0v) is 13.0. The Balaban J connectivity index is 1.93. The number of nitrogens with zero attached hydrogens (tertiary/aromatic N) is 1. The first-order valence-corrected chi connectivity index (χ1v) is 8.77. The average molecular weight is 345 g/mol. The number of sulfonamides is 1. The molecule has 6 heteroatoms. The van der Waals surface area contributed by atoms with Crippen molar-refractivity contribution >= 4 is 31.6 Å². The highest BCUT2D eigenvalue weighted by atomic mass is 79.9. The Morgan fingerprint density at radius 3 is 2.47 bits per heavy atom. The summed E-state index contributed by atoms with van der Waals surface area (Å²) in [4.78, 5) is 0.285. The topological polar surface area (TPSA) is 63.4 Å². The highest BCUT2D eigenvalue weighted by molar-refractivity contribution is 9.10. The van der Waals surface area contributed by atoms with Gasteiger partial charge in [0.2, 0.25) is 10.0 Å². The molecule has 0 aromatic heterocycles. The molecule has 1 aromatic rings. The van der Waals surface area contributed by atoms with E-state index in [-0.39, 0.29) is 4.90 Å². The van der Waals surface area contributed by atoms with Crippen molar-refractivity contribution in [2.75, 3.05) is 18.8 Å². The molecule has 1 saturated carbocycles. The van der Waals surface area contributed by atoms with E-state index in [1.54, 1.807) is 16.4 Å². The third-order valence-electron chi connectivity index (χ3n) is 4.27. The molecule has 19 heavy (non-hydrogen) atoms. The predicted molar refractivity (Wildman–Crippen MR) is 78.1 cm³/mol. The van der Waals surface area contributed by atoms with Gasteiger partial charge in [-0.3, -0.25) is 0 Å². The summed E-state index contributed by atoms with van der Waals surface area (Å²) in [5.74, 6) is 1.10. The number of rotatable bonds is 2. The van der Waals surface area contributed by atoms with E-state index in [0.717, 1.165) is 12.8 Å². The van der Waals surface area contributed by atoms with Crippen LogP contribution in [0.4, 0.5) is 5.69 Å². The lowest BCUT2D eigenvalue weighted by Crippen LogP contribution is -2.30. The molecule has 3 rings (SSSR count). The quantitative estimate of drug-likeness (QED) is 0.838. The summed E-state index contributed by atoms with van der Waals surface area (Å²) in [5.41, 5.74) is 6.18. The van der Waals surface area contributed by atoms with E-state index in [0.29, 0.717) is 35.1 Å². The van der Waals surface area contributed by atoms with Crippen LogP contribution in [0, 0.1) is 11.8 Å². The van der Waals surface area contributed by atoms with Gasteiger partial charge in [0.25, 0.3) is 0 Å². The molecule has 1 aliphatic heterocycles. The summed E-state index contributed by atoms with van der Waals surface area (Å²) in [5, 5.41) is 0. The lowest BCUT2D eigenvalue weighted by molar-refractivity contribution is 0.445. The predicted octanol–water partition coefficient (Wildman–Crippen LogP) is 2.45. The zero-order chi connectivity index (χ0) is 13.6. The van der Waals surface area contributed by atoms with Gasteiger partial charge in [-0.1, -0.05) is 6.42 Å². The molecule has 2 aliphatic rings. The number of fused-ring (bicyclic) bond motifs is 1. The molecule has 1 aliphatic carbocycles. The van der Waals surface area contributed by atoms with Crippen molar-refractivity contribution in [3.8, 4) is 0 Å². The smallest absolute Gasteiger partial charge is 0.244 e. The van der Waals surface area contributed by atoms with E-state index >= 15 is 0 Å². The van der Waals surface area contributed by atoms with E-state index in [1.807, 2.05) is 0 Å². The minimum Gasteiger partial charge on any atom is -0.399 e. The van der Waals surface area contributed by atoms with Gasteiger partial charge in [0, 0.05) is 23.2 Å². The SMILES string of the molecule is Nc1ccc(Br)c(S(=O)(=O)N2CC3CCCC3C2)c1. The number of halogens is 1. The largest absolute Gasteiger partial charge is 0.399 e. The van der Waals surface area contributed by atoms with Gasteiger partial charge in [-0.25, -0.2) is 8.42 Å². The van der Waals surface area contributed by atoms with Gasteiger partial charge >= 0.3 is 0 Å². The van der Waals surface area contributed by atoms with E-state index in [4.69, 9.17) is 5.73 Å². The first kappa shape index (κ1) is 13.4. The standard InChI is InChI=1S/C13H17BrN2O2S/c14-12-5-4-11(15)6-13(12)19(17,18)16-7-9-2-1-3-10(9)8-16/h4-6,9-10H,1-3,7-8,15H2. The summed E-state index contributed by atoms with van der Waals surface area (Å²) in [6, 6.07) is 4.93. The van der Waals surface area contributed by atoms with Crippen molar-refractivity contribution in [2.24, 2.45) is 11.8 Å². The first-order valence-electron chi connectivity index (χ1n) is 6.53. The molecule has 1 saturated heterocycles. The molecule has 2 unspecified atom stereocenters. The van der Waals surface area contributed by atoms with Gasteiger partial charge in [-0.2, -0.15) is 4.31 Å². The average Bonchev–Trinajstić information content (AvgIpc) is 2.92. The number of hydrogen-bond donors (Lipinski definition) is 1. The fraction of sp³-hybridized carbons (Fsp3) is 0.538. The number of anilines is 1. The Kier molecular flexibility index (Phi) is 3.35. The van der Waals surface area contributed by atoms with Crippen molar-refractivity contribution in [3.05, 3.63) is 22.7 Å². The molecule has 2 N–H and O–H groups in total. The summed E-state index contributed by atoms with van der Waals surface area (Å²) in [6.07, 6.45) is 3.56. The second-order valence-electron chi connectivity index (χ2n) is 5.46. The van der Waals surface area contributed by atoms with Crippen molar-refractivity contribution in [3.63, 3.8) is 0 Å². The molecular formula is C13H17BrN2O2S. The highest BCUT2D eigenvalue weighted by Crippen LogP contribution is 2.40. The second kappa shape index (κ2) is 4.75. The van der Waals surface area contributed by atoms with E-state index in [1.165, 1.54) is 12.5 Å². The Morgan fingerprint density at radius 1 is 1.21 bits per heavy atom. The molecule has 2 atom stereocenters. The Labute approximate surface area is 122 Å². The number of hydrogen-bond acceptors (Lipinski definition) is 3. The third kappa shape index (κ3) is 2.30. The monoisotopic (exact) mass is 344 g/mol. The molecule has 4 nitrogen and oxygen atoms in total. The normalized spacial score (nSPS) is 27.6. The maximum Gasteiger partial charge on any atom is 0.244 e. The van der Waals surface area contributed by atoms with E-state index < -0.39 is 10.0 Å². The van der Waals surface area contributed by atoms with Crippen LogP contribution < -0.4 is 5.73 Å². The van der Waals surface area contributed by atoms with Crippen molar-refractivity contribution in [1.82, 2.24) is 4.31 Å². The molecule has 0 spiro atoms. The molecule has 1 heterocycles. The van der Waals surface area contributed by atoms with Crippen LogP contribution in [0.1, 0.15) is 19.3 Å². The lowest BCUT2D eigenvalue weighted by atomic mass is 10.0. The third-order valence-corrected chi connectivity index (χ3v) is 7.09. The highest BCUT2D eigenvalue weighted by Gasteiger charge is 2.41. The summed E-state index contributed by atoms with van der Waals surface area (Å²) in [6.45, 7) is 1.32. The Morgan fingerprint density at radius 2 is 1.84 bits per heavy atom. The van der Waals surface area contributed by atoms with E-state index in [9.17, 15) is 8.42 Å². The fourth-order valence-corrected chi connectivity index (χ4v) is 5.76. The molecule has 0 amide bonds. The van der Waals surface area contributed by atoms with Crippen LogP contribution in [0.3, 0.4) is 0 Å². The molecular weight excluding hydrogens is 328 g/mol. The van der Waals surface area contributed by atoms with Crippen molar-refractivity contribution in [1.29, 1.82) is 0 Å². The molecule has 1 aromatic carbocycles. The van der Waals surface area contributed by atoms with Crippen molar-refractivity contribution in [2.45, 2.75) is 24.2 Å². The summed E-state index contributed by atoms with van der Waals surface area (Å²) >= 11 is 3.31. The first-order chi connectivity index (χ1) is 8.98. The molecule has 0 radical (unpaired) electrons. The van der Waals surface area contributed by atoms with Gasteiger partial charge in [0.05, 0.1) is 4.90 Å². The van der Waals surface area contributed by atoms with E-state index in [2.05, 4.69) is 15.9 Å². The number of benzene rings is 1. The van der Waals surface area contributed by atoms with Crippen molar-refractivity contribution < 1.29 is 8.42 Å². The van der Waals surface area contributed by atoms with Gasteiger partial charge in [0.1, 0.15) is 0 Å². The van der Waals surface area contributed by atoms with Crippen LogP contribution in [-0.4, -0.2) is 25.8 Å². The minimum absolute atomic E-state index is 0.285. The van der Waals surface area contributed by atoms with Crippen LogP contribution in [0.15, 0.2) is 27.6 Å². The van der Waals surface area contributed by atoms with Gasteiger partial charge in [-0.15, -0.1) is 0 Å². The van der Waals surface area contributed by atoms with Gasteiger partial charge < -0.3 is 5.73 Å². The van der Waals surface area contributed by atoms with Crippen LogP contribution >= 0.6 is 15.9 Å². The minimum atomic E-state index is -3.43. The van der Waals surface area contributed by atoms with Crippen LogP contribution in [0.25, 0.3) is 0 Å². The second-order valence-corrected chi connectivity index (χ2v) is 8.22.